The monoisotopic (exact) mass is 593 g/mol. The Morgan fingerprint density at radius 3 is 2.65 bits per heavy atom. The molecule has 9 heteroatoms. The second-order valence-corrected chi connectivity index (χ2v) is 11.1. The van der Waals surface area contributed by atoms with Crippen molar-refractivity contribution in [3.63, 3.8) is 0 Å². The minimum absolute atomic E-state index is 0.0292. The van der Waals surface area contributed by atoms with E-state index >= 15 is 0 Å². The summed E-state index contributed by atoms with van der Waals surface area (Å²) in [4.78, 5) is 30.0. The average Bonchev–Trinajstić information content (AvgIpc) is 3.47. The van der Waals surface area contributed by atoms with Crippen molar-refractivity contribution in [1.82, 2.24) is 20.2 Å². The molecule has 0 saturated carbocycles. The summed E-state index contributed by atoms with van der Waals surface area (Å²) < 4.78 is 8.17. The Morgan fingerprint density at radius 1 is 1.02 bits per heavy atom. The zero-order valence-corrected chi connectivity index (χ0v) is 24.3. The lowest BCUT2D eigenvalue weighted by molar-refractivity contribution is -0.119. The summed E-state index contributed by atoms with van der Waals surface area (Å²) in [6.45, 7) is 1.76. The first-order valence-corrected chi connectivity index (χ1v) is 14.6. The highest BCUT2D eigenvalue weighted by Gasteiger charge is 2.28. The van der Waals surface area contributed by atoms with Crippen LogP contribution in [0.1, 0.15) is 45.2 Å². The van der Waals surface area contributed by atoms with Gasteiger partial charge in [-0.2, -0.15) is 0 Å². The molecule has 1 aliphatic rings. The molecule has 4 aromatic carbocycles. The van der Waals surface area contributed by atoms with Gasteiger partial charge >= 0.3 is 0 Å². The number of imidazole rings is 1. The van der Waals surface area contributed by atoms with E-state index in [1.54, 1.807) is 18.2 Å². The lowest BCUT2D eigenvalue weighted by Gasteiger charge is -2.28. The number of rotatable bonds is 10. The Labute approximate surface area is 254 Å². The number of nitrogens with one attached hydrogen (secondary N) is 2. The fraction of sp³-hybridized carbons (Fsp3) is 0.206. The van der Waals surface area contributed by atoms with Gasteiger partial charge in [-0.15, -0.1) is 0 Å². The number of hydrogen-bond acceptors (Lipinski definition) is 5. The van der Waals surface area contributed by atoms with Crippen LogP contribution >= 0.6 is 11.6 Å². The molecule has 0 bridgehead atoms. The maximum atomic E-state index is 13.4. The predicted octanol–water partition coefficient (Wildman–Crippen LogP) is 5.18. The molecular formula is C34H32ClN5O3. The molecule has 218 valence electrons. The standard InChI is InChI=1S/C34H32ClN5O3/c35-25-13-11-22(12-14-25)17-31(33(36)41)39-34(42)29-10-4-9-28-30(15-16-43-32(28)29)38-19-26-18-37-21-40(26)20-24-7-3-6-23-5-1-2-8-27(23)24/h1-14,18,21,30-31,38H,15-17,19-20H2,(H2,36,41)(H,39,42). The molecule has 1 aliphatic heterocycles. The Morgan fingerprint density at radius 2 is 1.81 bits per heavy atom. The Hall–Kier alpha value is -4.66. The van der Waals surface area contributed by atoms with E-state index in [9.17, 15) is 9.59 Å². The van der Waals surface area contributed by atoms with Gasteiger partial charge in [0.1, 0.15) is 11.8 Å². The summed E-state index contributed by atoms with van der Waals surface area (Å²) in [6, 6.07) is 26.4. The third-order valence-corrected chi connectivity index (χ3v) is 8.12. The van der Waals surface area contributed by atoms with Gasteiger partial charge in [-0.3, -0.25) is 9.59 Å². The number of amides is 2. The number of carbonyl (C=O) groups excluding carboxylic acids is 2. The smallest absolute Gasteiger partial charge is 0.255 e. The molecule has 2 atom stereocenters. The summed E-state index contributed by atoms with van der Waals surface area (Å²) in [5, 5.41) is 9.48. The van der Waals surface area contributed by atoms with Crippen molar-refractivity contribution in [2.24, 2.45) is 5.73 Å². The number of nitrogens with two attached hydrogens (primary N) is 1. The van der Waals surface area contributed by atoms with Crippen molar-refractivity contribution in [3.8, 4) is 5.75 Å². The number of para-hydroxylation sites is 1. The van der Waals surface area contributed by atoms with Gasteiger partial charge in [-0.25, -0.2) is 4.98 Å². The lowest BCUT2D eigenvalue weighted by Crippen LogP contribution is -2.46. The maximum absolute atomic E-state index is 13.4. The molecule has 0 fully saturated rings. The van der Waals surface area contributed by atoms with Crippen molar-refractivity contribution in [2.45, 2.75) is 38.0 Å². The minimum Gasteiger partial charge on any atom is -0.492 e. The fourth-order valence-electron chi connectivity index (χ4n) is 5.61. The zero-order valence-electron chi connectivity index (χ0n) is 23.5. The first-order chi connectivity index (χ1) is 21.0. The quantitative estimate of drug-likeness (QED) is 0.207. The SMILES string of the molecule is NC(=O)C(Cc1ccc(Cl)cc1)NC(=O)c1cccc2c1OCCC2NCc1cncn1Cc1cccc2ccccc12. The summed E-state index contributed by atoms with van der Waals surface area (Å²) in [5.74, 6) is -0.514. The van der Waals surface area contributed by atoms with Gasteiger partial charge in [-0.05, 0) is 40.1 Å². The van der Waals surface area contributed by atoms with Gasteiger partial charge in [0.15, 0.2) is 0 Å². The number of halogens is 1. The fourth-order valence-corrected chi connectivity index (χ4v) is 5.74. The molecule has 2 heterocycles. The van der Waals surface area contributed by atoms with Crippen molar-refractivity contribution in [3.05, 3.63) is 130 Å². The van der Waals surface area contributed by atoms with E-state index in [0.29, 0.717) is 36.0 Å². The molecule has 43 heavy (non-hydrogen) atoms. The van der Waals surface area contributed by atoms with Crippen LogP contribution in [0.4, 0.5) is 0 Å². The molecule has 2 amide bonds. The van der Waals surface area contributed by atoms with Gasteiger partial charge in [0.2, 0.25) is 5.91 Å². The van der Waals surface area contributed by atoms with Crippen molar-refractivity contribution in [1.29, 1.82) is 0 Å². The van der Waals surface area contributed by atoms with Crippen LogP contribution in [-0.2, 0) is 24.3 Å². The number of fused-ring (bicyclic) bond motifs is 2. The third kappa shape index (κ3) is 6.40. The highest BCUT2D eigenvalue weighted by atomic mass is 35.5. The summed E-state index contributed by atoms with van der Waals surface area (Å²) in [5.41, 5.74) is 10.0. The average molecular weight is 594 g/mol. The number of hydrogen-bond donors (Lipinski definition) is 3. The first kappa shape index (κ1) is 28.5. The number of benzene rings is 4. The number of aromatic nitrogens is 2. The number of ether oxygens (including phenoxy) is 1. The van der Waals surface area contributed by atoms with Crippen LogP contribution < -0.4 is 21.1 Å². The molecule has 8 nitrogen and oxygen atoms in total. The highest BCUT2D eigenvalue weighted by Crippen LogP contribution is 2.35. The summed E-state index contributed by atoms with van der Waals surface area (Å²) >= 11 is 5.98. The Bertz CT molecular complexity index is 1760. The minimum atomic E-state index is -0.885. The molecular weight excluding hydrogens is 562 g/mol. The largest absolute Gasteiger partial charge is 0.492 e. The van der Waals surface area contributed by atoms with Crippen molar-refractivity contribution >= 4 is 34.2 Å². The number of carbonyl (C=O) groups is 2. The topological polar surface area (TPSA) is 111 Å². The molecule has 0 saturated heterocycles. The van der Waals surface area contributed by atoms with Crippen molar-refractivity contribution in [2.75, 3.05) is 6.61 Å². The second-order valence-electron chi connectivity index (χ2n) is 10.7. The predicted molar refractivity (Wildman–Crippen MR) is 167 cm³/mol. The normalized spacial score (nSPS) is 15.0. The Kier molecular flexibility index (Phi) is 8.40. The molecule has 1 aromatic heterocycles. The molecule has 6 rings (SSSR count). The van der Waals surface area contributed by atoms with E-state index in [-0.39, 0.29) is 12.5 Å². The molecule has 4 N–H and O–H groups in total. The van der Waals surface area contributed by atoms with Gasteiger partial charge in [0, 0.05) is 48.8 Å². The van der Waals surface area contributed by atoms with Gasteiger partial charge in [-0.1, -0.05) is 78.3 Å². The van der Waals surface area contributed by atoms with Crippen LogP contribution in [0.25, 0.3) is 10.8 Å². The van der Waals surface area contributed by atoms with E-state index in [2.05, 4.69) is 62.6 Å². The van der Waals surface area contributed by atoms with Crippen LogP contribution in [0.15, 0.2) is 97.5 Å². The summed E-state index contributed by atoms with van der Waals surface area (Å²) in [6.07, 6.45) is 4.74. The van der Waals surface area contributed by atoms with Crippen molar-refractivity contribution < 1.29 is 14.3 Å². The van der Waals surface area contributed by atoms with Crippen LogP contribution in [0, 0.1) is 0 Å². The van der Waals surface area contributed by atoms with Gasteiger partial charge in [0.25, 0.3) is 5.91 Å². The van der Waals surface area contributed by atoms with E-state index in [0.717, 1.165) is 23.2 Å². The number of primary amides is 1. The van der Waals surface area contributed by atoms with Gasteiger partial charge < -0.3 is 25.7 Å². The van der Waals surface area contributed by atoms with Crippen LogP contribution in [0.3, 0.4) is 0 Å². The van der Waals surface area contributed by atoms with Crippen LogP contribution in [0.2, 0.25) is 5.02 Å². The van der Waals surface area contributed by atoms with Gasteiger partial charge in [0.05, 0.1) is 24.2 Å². The zero-order chi connectivity index (χ0) is 29.8. The number of nitrogens with zero attached hydrogens (tertiary/aromatic N) is 2. The Balaban J connectivity index is 1.16. The van der Waals surface area contributed by atoms with E-state index < -0.39 is 17.9 Å². The molecule has 2 unspecified atom stereocenters. The molecule has 0 aliphatic carbocycles. The molecule has 0 spiro atoms. The van der Waals surface area contributed by atoms with E-state index in [4.69, 9.17) is 22.1 Å². The van der Waals surface area contributed by atoms with E-state index in [1.165, 1.54) is 16.3 Å². The summed E-state index contributed by atoms with van der Waals surface area (Å²) in [7, 11) is 0. The van der Waals surface area contributed by atoms with Crippen LogP contribution in [0.5, 0.6) is 5.75 Å². The third-order valence-electron chi connectivity index (χ3n) is 7.87. The van der Waals surface area contributed by atoms with Crippen LogP contribution in [-0.4, -0.2) is 34.0 Å². The first-order valence-electron chi connectivity index (χ1n) is 14.3. The second kappa shape index (κ2) is 12.7. The highest BCUT2D eigenvalue weighted by molar-refractivity contribution is 6.30. The molecule has 5 aromatic rings. The lowest BCUT2D eigenvalue weighted by atomic mass is 9.96. The maximum Gasteiger partial charge on any atom is 0.255 e. The molecule has 0 radical (unpaired) electrons. The van der Waals surface area contributed by atoms with E-state index in [1.807, 2.05) is 36.8 Å².